The molecule has 4 heteroatoms. The van der Waals surface area contributed by atoms with E-state index < -0.39 is 0 Å². The van der Waals surface area contributed by atoms with Crippen LogP contribution in [0.1, 0.15) is 50.2 Å². The molecule has 0 saturated heterocycles. The molecule has 4 rings (SSSR count). The molecule has 0 saturated carbocycles. The first kappa shape index (κ1) is 24.8. The maximum Gasteiger partial charge on any atom is 0.134 e. The molecule has 0 unspecified atom stereocenters. The van der Waals surface area contributed by atoms with Crippen molar-refractivity contribution in [1.82, 2.24) is 0 Å². The standard InChI is InChI=1S/C31H31F3O/c1-2-3-4-5-6-19-35-27-16-18-28(30(33)21-27)24-13-17-29-25(20-24)12-11-23(31(29)34)10-7-22-8-14-26(32)15-9-22/h8-9,11-18,20-21H,2-7,10,19H2,1H3. The highest BCUT2D eigenvalue weighted by Crippen LogP contribution is 2.31. The van der Waals surface area contributed by atoms with Crippen molar-refractivity contribution in [2.75, 3.05) is 6.61 Å². The Kier molecular flexibility index (Phi) is 8.46. The van der Waals surface area contributed by atoms with E-state index in [0.717, 1.165) is 23.8 Å². The molecular weight excluding hydrogens is 445 g/mol. The maximum atomic E-state index is 15.2. The molecule has 0 spiro atoms. The molecule has 182 valence electrons. The predicted molar refractivity (Wildman–Crippen MR) is 137 cm³/mol. The Balaban J connectivity index is 1.44. The van der Waals surface area contributed by atoms with Crippen LogP contribution in [0.15, 0.2) is 72.8 Å². The fraction of sp³-hybridized carbons (Fsp3) is 0.290. The highest BCUT2D eigenvalue weighted by atomic mass is 19.1. The lowest BCUT2D eigenvalue weighted by atomic mass is 9.97. The molecule has 0 heterocycles. The molecule has 0 amide bonds. The van der Waals surface area contributed by atoms with Crippen LogP contribution >= 0.6 is 0 Å². The van der Waals surface area contributed by atoms with Crippen molar-refractivity contribution in [3.63, 3.8) is 0 Å². The van der Waals surface area contributed by atoms with Gasteiger partial charge in [0.05, 0.1) is 6.61 Å². The zero-order valence-corrected chi connectivity index (χ0v) is 20.1. The van der Waals surface area contributed by atoms with Gasteiger partial charge in [0.2, 0.25) is 0 Å². The van der Waals surface area contributed by atoms with E-state index in [2.05, 4.69) is 6.92 Å². The van der Waals surface area contributed by atoms with Gasteiger partial charge in [-0.1, -0.05) is 69.0 Å². The molecule has 0 aliphatic carbocycles. The van der Waals surface area contributed by atoms with Crippen molar-refractivity contribution in [2.24, 2.45) is 0 Å². The van der Waals surface area contributed by atoms with Crippen molar-refractivity contribution in [2.45, 2.75) is 51.9 Å². The van der Waals surface area contributed by atoms with Gasteiger partial charge in [-0.15, -0.1) is 0 Å². The van der Waals surface area contributed by atoms with Crippen molar-refractivity contribution < 1.29 is 17.9 Å². The summed E-state index contributed by atoms with van der Waals surface area (Å²) < 4.78 is 48.8. The van der Waals surface area contributed by atoms with Crippen molar-refractivity contribution in [3.8, 4) is 16.9 Å². The van der Waals surface area contributed by atoms with E-state index in [-0.39, 0.29) is 17.5 Å². The lowest BCUT2D eigenvalue weighted by Crippen LogP contribution is -1.98. The Morgan fingerprint density at radius 2 is 1.51 bits per heavy atom. The lowest BCUT2D eigenvalue weighted by molar-refractivity contribution is 0.303. The predicted octanol–water partition coefficient (Wildman–Crippen LogP) is 9.06. The zero-order valence-electron chi connectivity index (χ0n) is 20.1. The van der Waals surface area contributed by atoms with Crippen LogP contribution in [0.25, 0.3) is 21.9 Å². The number of unbranched alkanes of at least 4 members (excludes halogenated alkanes) is 4. The van der Waals surface area contributed by atoms with Crippen molar-refractivity contribution in [3.05, 3.63) is 101 Å². The summed E-state index contributed by atoms with van der Waals surface area (Å²) in [6, 6.07) is 20.1. The average molecular weight is 477 g/mol. The summed E-state index contributed by atoms with van der Waals surface area (Å²) in [6.07, 6.45) is 6.86. The largest absolute Gasteiger partial charge is 0.493 e. The molecule has 0 aliphatic heterocycles. The van der Waals surface area contributed by atoms with Gasteiger partial charge in [0.15, 0.2) is 0 Å². The van der Waals surface area contributed by atoms with Crippen LogP contribution in [0.5, 0.6) is 5.75 Å². The number of hydrogen-bond acceptors (Lipinski definition) is 1. The van der Waals surface area contributed by atoms with E-state index >= 15 is 4.39 Å². The summed E-state index contributed by atoms with van der Waals surface area (Å²) in [5.41, 5.74) is 2.72. The molecule has 0 bridgehead atoms. The second kappa shape index (κ2) is 11.9. The van der Waals surface area contributed by atoms with Gasteiger partial charge in [-0.2, -0.15) is 0 Å². The number of rotatable bonds is 11. The average Bonchev–Trinajstić information content (AvgIpc) is 2.86. The van der Waals surface area contributed by atoms with Gasteiger partial charge in [0.1, 0.15) is 23.2 Å². The highest BCUT2D eigenvalue weighted by Gasteiger charge is 2.12. The molecule has 4 aromatic carbocycles. The first-order valence-electron chi connectivity index (χ1n) is 12.4. The third-order valence-electron chi connectivity index (χ3n) is 6.40. The van der Waals surface area contributed by atoms with Gasteiger partial charge in [0.25, 0.3) is 0 Å². The molecule has 0 aromatic heterocycles. The molecule has 4 aromatic rings. The number of benzene rings is 4. The van der Waals surface area contributed by atoms with E-state index in [9.17, 15) is 8.78 Å². The van der Waals surface area contributed by atoms with E-state index in [1.807, 2.05) is 12.1 Å². The molecule has 0 atom stereocenters. The molecular formula is C31H31F3O. The number of aryl methyl sites for hydroxylation is 2. The fourth-order valence-electron chi connectivity index (χ4n) is 4.34. The molecule has 0 N–H and O–H groups in total. The van der Waals surface area contributed by atoms with E-state index in [0.29, 0.717) is 47.3 Å². The maximum absolute atomic E-state index is 15.2. The summed E-state index contributed by atoms with van der Waals surface area (Å²) in [5, 5.41) is 1.23. The molecule has 0 radical (unpaired) electrons. The monoisotopic (exact) mass is 476 g/mol. The fourth-order valence-corrected chi connectivity index (χ4v) is 4.34. The van der Waals surface area contributed by atoms with Gasteiger partial charge in [-0.05, 0) is 71.7 Å². The number of halogens is 3. The van der Waals surface area contributed by atoms with Gasteiger partial charge in [-0.25, -0.2) is 13.2 Å². The quantitative estimate of drug-likeness (QED) is 0.196. The summed E-state index contributed by atoms with van der Waals surface area (Å²) in [7, 11) is 0. The number of fused-ring (bicyclic) bond motifs is 1. The Morgan fingerprint density at radius 1 is 0.714 bits per heavy atom. The van der Waals surface area contributed by atoms with Crippen molar-refractivity contribution in [1.29, 1.82) is 0 Å². The third-order valence-corrected chi connectivity index (χ3v) is 6.40. The Hall–Kier alpha value is -3.27. The third kappa shape index (κ3) is 6.45. The SMILES string of the molecule is CCCCCCCOc1ccc(-c2ccc3c(F)c(CCc4ccc(F)cc4)ccc3c2)c(F)c1. The van der Waals surface area contributed by atoms with E-state index in [1.54, 1.807) is 42.5 Å². The minimum absolute atomic E-state index is 0.265. The number of hydrogen-bond donors (Lipinski definition) is 0. The van der Waals surface area contributed by atoms with Crippen LogP contribution in [0.3, 0.4) is 0 Å². The van der Waals surface area contributed by atoms with Gasteiger partial charge >= 0.3 is 0 Å². The smallest absolute Gasteiger partial charge is 0.134 e. The summed E-state index contributed by atoms with van der Waals surface area (Å²) >= 11 is 0. The Labute approximate surface area is 205 Å². The minimum atomic E-state index is -0.357. The zero-order chi connectivity index (χ0) is 24.6. The second-order valence-corrected chi connectivity index (χ2v) is 9.01. The molecule has 0 fully saturated rings. The van der Waals surface area contributed by atoms with Crippen LogP contribution in [0.4, 0.5) is 13.2 Å². The van der Waals surface area contributed by atoms with Crippen LogP contribution in [0, 0.1) is 17.5 Å². The number of ether oxygens (including phenoxy) is 1. The van der Waals surface area contributed by atoms with Gasteiger partial charge < -0.3 is 4.74 Å². The minimum Gasteiger partial charge on any atom is -0.493 e. The summed E-state index contributed by atoms with van der Waals surface area (Å²) in [5.74, 6) is -0.374. The van der Waals surface area contributed by atoms with Crippen LogP contribution in [-0.4, -0.2) is 6.61 Å². The normalized spacial score (nSPS) is 11.2. The molecule has 0 aliphatic rings. The van der Waals surface area contributed by atoms with Crippen LogP contribution in [0.2, 0.25) is 0 Å². The van der Waals surface area contributed by atoms with E-state index in [1.165, 1.54) is 37.5 Å². The van der Waals surface area contributed by atoms with Gasteiger partial charge in [-0.3, -0.25) is 0 Å². The van der Waals surface area contributed by atoms with E-state index in [4.69, 9.17) is 4.74 Å². The Bertz CT molecular complexity index is 1260. The summed E-state index contributed by atoms with van der Waals surface area (Å²) in [4.78, 5) is 0. The highest BCUT2D eigenvalue weighted by molar-refractivity contribution is 5.88. The van der Waals surface area contributed by atoms with Crippen LogP contribution < -0.4 is 4.74 Å². The summed E-state index contributed by atoms with van der Waals surface area (Å²) in [6.45, 7) is 2.77. The first-order chi connectivity index (χ1) is 17.0. The lowest BCUT2D eigenvalue weighted by Gasteiger charge is -2.11. The van der Waals surface area contributed by atoms with Crippen LogP contribution in [-0.2, 0) is 12.8 Å². The molecule has 35 heavy (non-hydrogen) atoms. The Morgan fingerprint density at radius 3 is 2.29 bits per heavy atom. The second-order valence-electron chi connectivity index (χ2n) is 9.01. The van der Waals surface area contributed by atoms with Crippen molar-refractivity contribution >= 4 is 10.8 Å². The first-order valence-corrected chi connectivity index (χ1v) is 12.4. The molecule has 1 nitrogen and oxygen atoms in total. The topological polar surface area (TPSA) is 9.23 Å². The van der Waals surface area contributed by atoms with Gasteiger partial charge in [0, 0.05) is 17.0 Å².